The van der Waals surface area contributed by atoms with Crippen LogP contribution in [0.1, 0.15) is 68.0 Å². The highest BCUT2D eigenvalue weighted by Gasteiger charge is 2.42. The van der Waals surface area contributed by atoms with Gasteiger partial charge >= 0.3 is 0 Å². The molecule has 1 heterocycles. The molecular formula is C14H22N2S. The van der Waals surface area contributed by atoms with Gasteiger partial charge in [0.2, 0.25) is 0 Å². The van der Waals surface area contributed by atoms with Crippen molar-refractivity contribution in [3.8, 4) is 0 Å². The highest BCUT2D eigenvalue weighted by atomic mass is 32.1. The maximum absolute atomic E-state index is 4.92. The van der Waals surface area contributed by atoms with E-state index in [0.717, 1.165) is 12.6 Å². The van der Waals surface area contributed by atoms with Crippen molar-refractivity contribution in [2.45, 2.75) is 70.4 Å². The zero-order chi connectivity index (χ0) is 12.0. The van der Waals surface area contributed by atoms with Gasteiger partial charge < -0.3 is 5.32 Å². The average Bonchev–Trinajstić information content (AvgIpc) is 3.18. The van der Waals surface area contributed by atoms with E-state index in [0.29, 0.717) is 11.3 Å². The van der Waals surface area contributed by atoms with Gasteiger partial charge in [0, 0.05) is 22.9 Å². The molecule has 2 nitrogen and oxygen atoms in total. The van der Waals surface area contributed by atoms with E-state index in [4.69, 9.17) is 4.98 Å². The summed E-state index contributed by atoms with van der Waals surface area (Å²) < 4.78 is 0. The Morgan fingerprint density at radius 1 is 1.41 bits per heavy atom. The summed E-state index contributed by atoms with van der Waals surface area (Å²) >= 11 is 1.95. The number of nitrogens with one attached hydrogen (secondary N) is 1. The van der Waals surface area contributed by atoms with E-state index in [1.165, 1.54) is 41.3 Å². The lowest BCUT2D eigenvalue weighted by atomic mass is 10.1. The van der Waals surface area contributed by atoms with Crippen LogP contribution in [0, 0.1) is 0 Å². The first-order chi connectivity index (χ1) is 8.08. The van der Waals surface area contributed by atoms with Crippen molar-refractivity contribution in [3.05, 3.63) is 15.6 Å². The average molecular weight is 250 g/mol. The van der Waals surface area contributed by atoms with Crippen molar-refractivity contribution >= 4 is 11.3 Å². The largest absolute Gasteiger partial charge is 0.309 e. The van der Waals surface area contributed by atoms with E-state index in [9.17, 15) is 0 Å². The second-order valence-corrected chi connectivity index (χ2v) is 7.28. The molecule has 0 unspecified atom stereocenters. The Morgan fingerprint density at radius 2 is 2.12 bits per heavy atom. The zero-order valence-corrected chi connectivity index (χ0v) is 11.9. The van der Waals surface area contributed by atoms with E-state index in [2.05, 4.69) is 26.1 Å². The predicted octanol–water partition coefficient (Wildman–Crippen LogP) is 3.57. The van der Waals surface area contributed by atoms with Crippen LogP contribution in [-0.2, 0) is 12.0 Å². The first-order valence-electron chi connectivity index (χ1n) is 6.82. The fourth-order valence-electron chi connectivity index (χ4n) is 2.13. The summed E-state index contributed by atoms with van der Waals surface area (Å²) in [5.41, 5.74) is 1.76. The highest BCUT2D eigenvalue weighted by molar-refractivity contribution is 7.12. The van der Waals surface area contributed by atoms with Crippen molar-refractivity contribution in [2.24, 2.45) is 0 Å². The lowest BCUT2D eigenvalue weighted by molar-refractivity contribution is 0.678. The third-order valence-corrected chi connectivity index (χ3v) is 5.30. The number of hydrogen-bond acceptors (Lipinski definition) is 3. The Balaban J connectivity index is 1.80. The van der Waals surface area contributed by atoms with Crippen LogP contribution in [0.5, 0.6) is 0 Å². The molecule has 3 heteroatoms. The number of aromatic nitrogens is 1. The van der Waals surface area contributed by atoms with Gasteiger partial charge in [-0.25, -0.2) is 4.98 Å². The Hall–Kier alpha value is -0.410. The number of thiazole rings is 1. The molecule has 0 radical (unpaired) electrons. The summed E-state index contributed by atoms with van der Waals surface area (Å²) in [7, 11) is 0. The SMILES string of the molecule is CC(C)c1nc(C2(C)CC2)sc1CNC1CC1. The molecule has 0 spiro atoms. The van der Waals surface area contributed by atoms with E-state index >= 15 is 0 Å². The topological polar surface area (TPSA) is 24.9 Å². The molecule has 0 bridgehead atoms. The monoisotopic (exact) mass is 250 g/mol. The first-order valence-corrected chi connectivity index (χ1v) is 7.63. The van der Waals surface area contributed by atoms with Crippen LogP contribution >= 0.6 is 11.3 Å². The maximum Gasteiger partial charge on any atom is 0.0990 e. The van der Waals surface area contributed by atoms with Gasteiger partial charge in [-0.3, -0.25) is 0 Å². The Morgan fingerprint density at radius 3 is 2.65 bits per heavy atom. The summed E-state index contributed by atoms with van der Waals surface area (Å²) in [6.45, 7) is 7.91. The fourth-order valence-corrected chi connectivity index (χ4v) is 3.49. The van der Waals surface area contributed by atoms with Crippen molar-refractivity contribution in [2.75, 3.05) is 0 Å². The molecule has 0 aliphatic heterocycles. The molecule has 2 fully saturated rings. The van der Waals surface area contributed by atoms with Crippen LogP contribution in [0.4, 0.5) is 0 Å². The molecule has 1 aromatic heterocycles. The number of hydrogen-bond donors (Lipinski definition) is 1. The third-order valence-electron chi connectivity index (χ3n) is 3.92. The molecule has 2 saturated carbocycles. The fraction of sp³-hybridized carbons (Fsp3) is 0.786. The van der Waals surface area contributed by atoms with Crippen LogP contribution in [0.25, 0.3) is 0 Å². The van der Waals surface area contributed by atoms with E-state index in [1.54, 1.807) is 0 Å². The molecule has 0 saturated heterocycles. The molecule has 1 N–H and O–H groups in total. The van der Waals surface area contributed by atoms with Gasteiger partial charge in [0.15, 0.2) is 0 Å². The minimum atomic E-state index is 0.423. The zero-order valence-electron chi connectivity index (χ0n) is 11.0. The lowest BCUT2D eigenvalue weighted by Gasteiger charge is -2.05. The predicted molar refractivity (Wildman–Crippen MR) is 72.7 cm³/mol. The van der Waals surface area contributed by atoms with E-state index in [-0.39, 0.29) is 0 Å². The molecule has 17 heavy (non-hydrogen) atoms. The van der Waals surface area contributed by atoms with Crippen LogP contribution in [0.2, 0.25) is 0 Å². The molecule has 0 amide bonds. The summed E-state index contributed by atoms with van der Waals surface area (Å²) in [4.78, 5) is 6.40. The molecular weight excluding hydrogens is 228 g/mol. The van der Waals surface area contributed by atoms with Crippen LogP contribution in [0.3, 0.4) is 0 Å². The normalized spacial score (nSPS) is 22.1. The van der Waals surface area contributed by atoms with Crippen LogP contribution < -0.4 is 5.32 Å². The standard InChI is InChI=1S/C14H22N2S/c1-9(2)12-11(8-15-10-4-5-10)17-13(16-12)14(3)6-7-14/h9-10,15H,4-8H2,1-3H3. The van der Waals surface area contributed by atoms with E-state index in [1.807, 2.05) is 11.3 Å². The molecule has 0 atom stereocenters. The van der Waals surface area contributed by atoms with Gasteiger partial charge in [0.25, 0.3) is 0 Å². The summed E-state index contributed by atoms with van der Waals surface area (Å²) in [5, 5.41) is 5.01. The van der Waals surface area contributed by atoms with Crippen molar-refractivity contribution in [1.29, 1.82) is 0 Å². The van der Waals surface area contributed by atoms with E-state index < -0.39 is 0 Å². The Labute approximate surface area is 108 Å². The molecule has 3 rings (SSSR count). The van der Waals surface area contributed by atoms with Crippen molar-refractivity contribution < 1.29 is 0 Å². The van der Waals surface area contributed by atoms with Gasteiger partial charge in [0.1, 0.15) is 0 Å². The van der Waals surface area contributed by atoms with Crippen LogP contribution in [-0.4, -0.2) is 11.0 Å². The molecule has 2 aliphatic rings. The highest BCUT2D eigenvalue weighted by Crippen LogP contribution is 2.49. The van der Waals surface area contributed by atoms with Crippen molar-refractivity contribution in [3.63, 3.8) is 0 Å². The summed E-state index contributed by atoms with van der Waals surface area (Å²) in [6, 6.07) is 0.789. The Bertz CT molecular complexity index is 414. The van der Waals surface area contributed by atoms with Gasteiger partial charge in [-0.2, -0.15) is 0 Å². The molecule has 94 valence electrons. The second-order valence-electron chi connectivity index (χ2n) is 6.20. The Kier molecular flexibility index (Phi) is 2.79. The summed E-state index contributed by atoms with van der Waals surface area (Å²) in [6.07, 6.45) is 5.38. The lowest BCUT2D eigenvalue weighted by Crippen LogP contribution is -2.15. The molecule has 1 aromatic rings. The van der Waals surface area contributed by atoms with Gasteiger partial charge in [-0.1, -0.05) is 20.8 Å². The van der Waals surface area contributed by atoms with Gasteiger partial charge in [-0.05, 0) is 31.6 Å². The maximum atomic E-state index is 4.92. The van der Waals surface area contributed by atoms with Gasteiger partial charge in [0.05, 0.1) is 10.7 Å². The van der Waals surface area contributed by atoms with Crippen molar-refractivity contribution in [1.82, 2.24) is 10.3 Å². The third kappa shape index (κ3) is 2.41. The van der Waals surface area contributed by atoms with Crippen LogP contribution in [0.15, 0.2) is 0 Å². The number of nitrogens with zero attached hydrogens (tertiary/aromatic N) is 1. The molecule has 0 aromatic carbocycles. The number of rotatable bonds is 5. The minimum Gasteiger partial charge on any atom is -0.309 e. The summed E-state index contributed by atoms with van der Waals surface area (Å²) in [5.74, 6) is 0.554. The first kappa shape index (κ1) is 11.7. The second kappa shape index (κ2) is 4.06. The molecule has 2 aliphatic carbocycles. The minimum absolute atomic E-state index is 0.423. The quantitative estimate of drug-likeness (QED) is 0.864. The smallest absolute Gasteiger partial charge is 0.0990 e. The van der Waals surface area contributed by atoms with Gasteiger partial charge in [-0.15, -0.1) is 11.3 Å².